The van der Waals surface area contributed by atoms with Gasteiger partial charge in [0.25, 0.3) is 0 Å². The summed E-state index contributed by atoms with van der Waals surface area (Å²) in [4.78, 5) is 10.9. The van der Waals surface area contributed by atoms with Crippen LogP contribution in [0.15, 0.2) is 42.5 Å². The van der Waals surface area contributed by atoms with Gasteiger partial charge in [-0.15, -0.1) is 0 Å². The minimum absolute atomic E-state index is 0.0389. The number of nitrogens with two attached hydrogens (primary N) is 1. The van der Waals surface area contributed by atoms with E-state index in [1.54, 1.807) is 0 Å². The van der Waals surface area contributed by atoms with E-state index in [0.29, 0.717) is 0 Å². The lowest BCUT2D eigenvalue weighted by molar-refractivity contribution is -0.138. The second-order valence-electron chi connectivity index (χ2n) is 4.15. The van der Waals surface area contributed by atoms with Crippen LogP contribution in [0.1, 0.15) is 15.9 Å². The van der Waals surface area contributed by atoms with Gasteiger partial charge in [0, 0.05) is 0 Å². The Morgan fingerprint density at radius 2 is 1.76 bits per heavy atom. The number of aromatic carboxylic acids is 1. The van der Waals surface area contributed by atoms with Gasteiger partial charge in [0.15, 0.2) is 5.75 Å². The smallest absolute Gasteiger partial charge is 0.419 e. The highest BCUT2D eigenvalue weighted by Gasteiger charge is 2.34. The van der Waals surface area contributed by atoms with Crippen LogP contribution < -0.4 is 10.5 Å². The van der Waals surface area contributed by atoms with Crippen LogP contribution in [0.4, 0.5) is 18.9 Å². The monoisotopic (exact) mass is 297 g/mol. The van der Waals surface area contributed by atoms with E-state index in [2.05, 4.69) is 0 Å². The summed E-state index contributed by atoms with van der Waals surface area (Å²) in [6.45, 7) is 0. The van der Waals surface area contributed by atoms with E-state index in [0.717, 1.165) is 18.2 Å². The molecule has 0 amide bonds. The lowest BCUT2D eigenvalue weighted by Crippen LogP contribution is -2.07. The van der Waals surface area contributed by atoms with Gasteiger partial charge in [-0.25, -0.2) is 4.79 Å². The first-order valence-electron chi connectivity index (χ1n) is 5.76. The molecule has 3 N–H and O–H groups in total. The van der Waals surface area contributed by atoms with Gasteiger partial charge in [-0.2, -0.15) is 13.2 Å². The number of carboxylic acid groups (broad SMARTS) is 1. The number of ether oxygens (including phenoxy) is 1. The van der Waals surface area contributed by atoms with E-state index in [1.165, 1.54) is 24.3 Å². The zero-order valence-electron chi connectivity index (χ0n) is 10.5. The normalized spacial score (nSPS) is 11.2. The maximum Gasteiger partial charge on any atom is 0.419 e. The number of hydrogen-bond acceptors (Lipinski definition) is 3. The third-order valence-corrected chi connectivity index (χ3v) is 2.67. The van der Waals surface area contributed by atoms with Crippen molar-refractivity contribution in [2.24, 2.45) is 0 Å². The van der Waals surface area contributed by atoms with Crippen molar-refractivity contribution in [1.29, 1.82) is 0 Å². The third-order valence-electron chi connectivity index (χ3n) is 2.67. The molecule has 7 heteroatoms. The van der Waals surface area contributed by atoms with Gasteiger partial charge in [-0.3, -0.25) is 0 Å². The first-order valence-corrected chi connectivity index (χ1v) is 5.76. The quantitative estimate of drug-likeness (QED) is 0.846. The predicted octanol–water partition coefficient (Wildman–Crippen LogP) is 3.78. The number of anilines is 1. The third kappa shape index (κ3) is 3.25. The number of carbonyl (C=O) groups is 1. The fourth-order valence-electron chi connectivity index (χ4n) is 1.66. The summed E-state index contributed by atoms with van der Waals surface area (Å²) in [7, 11) is 0. The lowest BCUT2D eigenvalue weighted by atomic mass is 10.1. The van der Waals surface area contributed by atoms with Crippen LogP contribution in [-0.2, 0) is 6.18 Å². The highest BCUT2D eigenvalue weighted by Crippen LogP contribution is 2.39. The van der Waals surface area contributed by atoms with E-state index < -0.39 is 23.5 Å². The maximum atomic E-state index is 12.9. The molecule has 21 heavy (non-hydrogen) atoms. The largest absolute Gasteiger partial charge is 0.478 e. The SMILES string of the molecule is Nc1ccc(C(=O)O)cc1Oc1ccccc1C(F)(F)F. The Balaban J connectivity index is 2.44. The van der Waals surface area contributed by atoms with Crippen LogP contribution in [-0.4, -0.2) is 11.1 Å². The zero-order valence-corrected chi connectivity index (χ0v) is 10.5. The zero-order chi connectivity index (χ0) is 15.6. The highest BCUT2D eigenvalue weighted by molar-refractivity contribution is 5.89. The molecule has 0 aliphatic rings. The molecule has 0 radical (unpaired) electrons. The van der Waals surface area contributed by atoms with Crippen LogP contribution >= 0.6 is 0 Å². The number of hydrogen-bond donors (Lipinski definition) is 2. The summed E-state index contributed by atoms with van der Waals surface area (Å²) in [6.07, 6.45) is -4.59. The van der Waals surface area contributed by atoms with Gasteiger partial charge < -0.3 is 15.6 Å². The van der Waals surface area contributed by atoms with Crippen LogP contribution in [0.2, 0.25) is 0 Å². The molecule has 0 aliphatic carbocycles. The number of benzene rings is 2. The Bertz CT molecular complexity index is 683. The molecule has 0 heterocycles. The molecule has 4 nitrogen and oxygen atoms in total. The average Bonchev–Trinajstić information content (AvgIpc) is 2.40. The van der Waals surface area contributed by atoms with Crippen molar-refractivity contribution < 1.29 is 27.8 Å². The summed E-state index contributed by atoms with van der Waals surface area (Å²) >= 11 is 0. The standard InChI is InChI=1S/C14H10F3NO3/c15-14(16,17)9-3-1-2-4-11(9)21-12-7-8(13(19)20)5-6-10(12)18/h1-7H,18H2,(H,19,20). The molecule has 0 atom stereocenters. The fourth-order valence-corrected chi connectivity index (χ4v) is 1.66. The number of para-hydroxylation sites is 1. The van der Waals surface area contributed by atoms with Crippen LogP contribution in [0.3, 0.4) is 0 Å². The van der Waals surface area contributed by atoms with Gasteiger partial charge >= 0.3 is 12.1 Å². The number of alkyl halides is 3. The van der Waals surface area contributed by atoms with Gasteiger partial charge in [-0.1, -0.05) is 12.1 Å². The van der Waals surface area contributed by atoms with Gasteiger partial charge in [0.05, 0.1) is 16.8 Å². The molecule has 2 aromatic carbocycles. The Hall–Kier alpha value is -2.70. The number of rotatable bonds is 3. The fraction of sp³-hybridized carbons (Fsp3) is 0.0714. The predicted molar refractivity (Wildman–Crippen MR) is 69.3 cm³/mol. The molecule has 0 bridgehead atoms. The molecule has 0 aliphatic heterocycles. The van der Waals surface area contributed by atoms with Crippen LogP contribution in [0.25, 0.3) is 0 Å². The summed E-state index contributed by atoms with van der Waals surface area (Å²) in [5, 5.41) is 8.87. The van der Waals surface area contributed by atoms with Crippen molar-refractivity contribution in [3.63, 3.8) is 0 Å². The Kier molecular flexibility index (Phi) is 3.75. The average molecular weight is 297 g/mol. The van der Waals surface area contributed by atoms with E-state index in [1.807, 2.05) is 0 Å². The summed E-state index contributed by atoms with van der Waals surface area (Å²) in [5.74, 6) is -1.82. The first kappa shape index (κ1) is 14.7. The van der Waals surface area contributed by atoms with Crippen molar-refractivity contribution in [2.45, 2.75) is 6.18 Å². The Morgan fingerprint density at radius 1 is 1.10 bits per heavy atom. The molecule has 2 rings (SSSR count). The summed E-state index contributed by atoms with van der Waals surface area (Å²) < 4.78 is 43.7. The molecule has 0 unspecified atom stereocenters. The second-order valence-corrected chi connectivity index (χ2v) is 4.15. The maximum absolute atomic E-state index is 12.9. The molecule has 110 valence electrons. The lowest BCUT2D eigenvalue weighted by Gasteiger charge is -2.14. The highest BCUT2D eigenvalue weighted by atomic mass is 19.4. The molecule has 0 saturated carbocycles. The molecule has 0 aromatic heterocycles. The van der Waals surface area contributed by atoms with Gasteiger partial charge in [0.1, 0.15) is 5.75 Å². The summed E-state index contributed by atoms with van der Waals surface area (Å²) in [5.41, 5.74) is 4.53. The van der Waals surface area contributed by atoms with Crippen molar-refractivity contribution in [1.82, 2.24) is 0 Å². The number of carboxylic acids is 1. The minimum Gasteiger partial charge on any atom is -0.478 e. The number of nitrogen functional groups attached to an aromatic ring is 1. The number of halogens is 3. The topological polar surface area (TPSA) is 72.6 Å². The van der Waals surface area contributed by atoms with Crippen molar-refractivity contribution in [2.75, 3.05) is 5.73 Å². The molecular weight excluding hydrogens is 287 g/mol. The summed E-state index contributed by atoms with van der Waals surface area (Å²) in [6, 6.07) is 8.18. The first-order chi connectivity index (χ1) is 9.79. The molecule has 0 spiro atoms. The van der Waals surface area contributed by atoms with E-state index >= 15 is 0 Å². The Morgan fingerprint density at radius 3 is 2.38 bits per heavy atom. The Labute approximate surface area is 117 Å². The van der Waals surface area contributed by atoms with Crippen molar-refractivity contribution in [3.05, 3.63) is 53.6 Å². The molecule has 2 aromatic rings. The van der Waals surface area contributed by atoms with E-state index in [4.69, 9.17) is 15.6 Å². The molecule has 0 saturated heterocycles. The van der Waals surface area contributed by atoms with Gasteiger partial charge in [0.2, 0.25) is 0 Å². The van der Waals surface area contributed by atoms with E-state index in [-0.39, 0.29) is 17.0 Å². The van der Waals surface area contributed by atoms with E-state index in [9.17, 15) is 18.0 Å². The minimum atomic E-state index is -4.59. The van der Waals surface area contributed by atoms with Gasteiger partial charge in [-0.05, 0) is 30.3 Å². The molecule has 0 fully saturated rings. The molecular formula is C14H10F3NO3. The van der Waals surface area contributed by atoms with Crippen LogP contribution in [0, 0.1) is 0 Å². The second kappa shape index (κ2) is 5.35. The van der Waals surface area contributed by atoms with Crippen molar-refractivity contribution >= 4 is 11.7 Å². The van der Waals surface area contributed by atoms with Crippen molar-refractivity contribution in [3.8, 4) is 11.5 Å². The van der Waals surface area contributed by atoms with Crippen LogP contribution in [0.5, 0.6) is 11.5 Å².